The first-order valence-electron chi connectivity index (χ1n) is 3.92. The van der Waals surface area contributed by atoms with Gasteiger partial charge in [0, 0.05) is 11.1 Å². The number of thiazole rings is 1. The summed E-state index contributed by atoms with van der Waals surface area (Å²) in [6.45, 7) is 0.784. The molecular weight excluding hydrogens is 188 g/mol. The van der Waals surface area contributed by atoms with Crippen molar-refractivity contribution in [3.8, 4) is 0 Å². The number of hydrogen-bond acceptors (Lipinski definition) is 4. The molecule has 1 aliphatic rings. The molecule has 13 heavy (non-hydrogen) atoms. The largest absolute Gasteiger partial charge is 0.330 e. The summed E-state index contributed by atoms with van der Waals surface area (Å²) in [7, 11) is 0. The van der Waals surface area contributed by atoms with Gasteiger partial charge < -0.3 is 4.90 Å². The van der Waals surface area contributed by atoms with Crippen LogP contribution in [0.1, 0.15) is 11.3 Å². The van der Waals surface area contributed by atoms with E-state index in [1.54, 1.807) is 16.6 Å². The molecule has 4 nitrogen and oxygen atoms in total. The van der Waals surface area contributed by atoms with Crippen LogP contribution in [0.3, 0.4) is 0 Å². The maximum atomic E-state index is 11.2. The van der Waals surface area contributed by atoms with Gasteiger partial charge in [-0.1, -0.05) is 0 Å². The zero-order valence-corrected chi connectivity index (χ0v) is 7.71. The standard InChI is InChI=1S/C8H8N2O2S/c11-6-1-8(12)10(3-6)4-7-2-9-5-13-7/h2,5H,1,3-4H2. The lowest BCUT2D eigenvalue weighted by Gasteiger charge is -2.11. The molecule has 0 bridgehead atoms. The van der Waals surface area contributed by atoms with Crippen LogP contribution < -0.4 is 0 Å². The Balaban J connectivity index is 2.03. The van der Waals surface area contributed by atoms with Crippen LogP contribution in [0.5, 0.6) is 0 Å². The fourth-order valence-electron chi connectivity index (χ4n) is 1.29. The van der Waals surface area contributed by atoms with Crippen LogP contribution in [-0.2, 0) is 16.1 Å². The van der Waals surface area contributed by atoms with E-state index < -0.39 is 0 Å². The lowest BCUT2D eigenvalue weighted by atomic mass is 10.3. The molecular formula is C8H8N2O2S. The number of nitrogens with zero attached hydrogens (tertiary/aromatic N) is 2. The monoisotopic (exact) mass is 196 g/mol. The highest BCUT2D eigenvalue weighted by Crippen LogP contribution is 2.14. The van der Waals surface area contributed by atoms with Gasteiger partial charge in [0.2, 0.25) is 5.91 Å². The minimum absolute atomic E-state index is 0.00881. The van der Waals surface area contributed by atoms with Crippen LogP contribution in [0.2, 0.25) is 0 Å². The van der Waals surface area contributed by atoms with E-state index in [0.29, 0.717) is 6.54 Å². The van der Waals surface area contributed by atoms with E-state index >= 15 is 0 Å². The summed E-state index contributed by atoms with van der Waals surface area (Å²) < 4.78 is 0. The smallest absolute Gasteiger partial charge is 0.230 e. The van der Waals surface area contributed by atoms with Gasteiger partial charge >= 0.3 is 0 Å². The highest BCUT2D eigenvalue weighted by atomic mass is 32.1. The maximum absolute atomic E-state index is 11.2. The van der Waals surface area contributed by atoms with Crippen molar-refractivity contribution in [2.24, 2.45) is 0 Å². The van der Waals surface area contributed by atoms with E-state index in [1.807, 2.05) is 0 Å². The molecule has 0 aromatic carbocycles. The molecule has 68 valence electrons. The van der Waals surface area contributed by atoms with Gasteiger partial charge in [-0.15, -0.1) is 11.3 Å². The molecule has 2 rings (SSSR count). The van der Waals surface area contributed by atoms with Crippen LogP contribution in [0, 0.1) is 0 Å². The number of aromatic nitrogens is 1. The molecule has 0 N–H and O–H groups in total. The molecule has 1 saturated heterocycles. The summed E-state index contributed by atoms with van der Waals surface area (Å²) in [5.41, 5.74) is 1.72. The van der Waals surface area contributed by atoms with Gasteiger partial charge in [-0.25, -0.2) is 0 Å². The average molecular weight is 196 g/mol. The Labute approximate surface area is 79.2 Å². The molecule has 0 spiro atoms. The Kier molecular flexibility index (Phi) is 2.10. The lowest BCUT2D eigenvalue weighted by molar-refractivity contribution is -0.128. The van der Waals surface area contributed by atoms with Crippen molar-refractivity contribution in [3.05, 3.63) is 16.6 Å². The molecule has 0 saturated carbocycles. The van der Waals surface area contributed by atoms with Crippen LogP contribution in [-0.4, -0.2) is 28.1 Å². The Morgan fingerprint density at radius 1 is 1.54 bits per heavy atom. The fraction of sp³-hybridized carbons (Fsp3) is 0.375. The molecule has 0 aliphatic carbocycles. The zero-order chi connectivity index (χ0) is 9.26. The van der Waals surface area contributed by atoms with Gasteiger partial charge in [-0.2, -0.15) is 0 Å². The summed E-state index contributed by atoms with van der Waals surface area (Å²) in [5, 5.41) is 0. The molecule has 1 fully saturated rings. The second kappa shape index (κ2) is 3.26. The van der Waals surface area contributed by atoms with Gasteiger partial charge in [-0.05, 0) is 0 Å². The predicted octanol–water partition coefficient (Wildman–Crippen LogP) is 0.444. The molecule has 5 heteroatoms. The zero-order valence-electron chi connectivity index (χ0n) is 6.90. The number of rotatable bonds is 2. The highest BCUT2D eigenvalue weighted by molar-refractivity contribution is 7.09. The number of hydrogen-bond donors (Lipinski definition) is 0. The van der Waals surface area contributed by atoms with E-state index in [1.165, 1.54) is 11.3 Å². The fourth-order valence-corrected chi connectivity index (χ4v) is 1.90. The number of Topliss-reactive ketones (excluding diaryl/α,β-unsaturated/α-hetero) is 1. The molecule has 2 heterocycles. The summed E-state index contributed by atoms with van der Waals surface area (Å²) in [6.07, 6.45) is 1.79. The van der Waals surface area contributed by atoms with E-state index in [2.05, 4.69) is 4.98 Å². The average Bonchev–Trinajstić information content (AvgIpc) is 2.63. The quantitative estimate of drug-likeness (QED) is 0.645. The summed E-state index contributed by atoms with van der Waals surface area (Å²) in [6, 6.07) is 0. The van der Waals surface area contributed by atoms with Crippen molar-refractivity contribution in [1.82, 2.24) is 9.88 Å². The first kappa shape index (κ1) is 8.37. The minimum Gasteiger partial charge on any atom is -0.330 e. The third-order valence-corrected chi connectivity index (χ3v) is 2.66. The number of ketones is 1. The van der Waals surface area contributed by atoms with E-state index in [4.69, 9.17) is 0 Å². The SMILES string of the molecule is O=C1CC(=O)N(Cc2cncs2)C1. The van der Waals surface area contributed by atoms with Crippen LogP contribution in [0.25, 0.3) is 0 Å². The normalized spacial score (nSPS) is 17.1. The first-order valence-corrected chi connectivity index (χ1v) is 4.80. The van der Waals surface area contributed by atoms with Crippen molar-refractivity contribution < 1.29 is 9.59 Å². The van der Waals surface area contributed by atoms with Crippen LogP contribution >= 0.6 is 11.3 Å². The van der Waals surface area contributed by atoms with Gasteiger partial charge in [0.15, 0.2) is 5.78 Å². The molecule has 1 amide bonds. The second-order valence-corrected chi connectivity index (χ2v) is 3.90. The summed E-state index contributed by atoms with van der Waals surface area (Å²) in [4.78, 5) is 28.6. The number of carbonyl (C=O) groups is 2. The topological polar surface area (TPSA) is 50.3 Å². The Morgan fingerprint density at radius 3 is 2.92 bits per heavy atom. The Morgan fingerprint density at radius 2 is 2.38 bits per heavy atom. The molecule has 0 radical (unpaired) electrons. The van der Waals surface area contributed by atoms with E-state index in [9.17, 15) is 9.59 Å². The Bertz CT molecular complexity index is 334. The van der Waals surface area contributed by atoms with Crippen LogP contribution in [0.4, 0.5) is 0 Å². The van der Waals surface area contributed by atoms with Gasteiger partial charge in [0.1, 0.15) is 0 Å². The van der Waals surface area contributed by atoms with Gasteiger partial charge in [0.25, 0.3) is 0 Å². The van der Waals surface area contributed by atoms with Gasteiger partial charge in [0.05, 0.1) is 25.0 Å². The van der Waals surface area contributed by atoms with Crippen molar-refractivity contribution in [3.63, 3.8) is 0 Å². The van der Waals surface area contributed by atoms with E-state index in [0.717, 1.165) is 4.88 Å². The Hall–Kier alpha value is -1.23. The molecule has 0 unspecified atom stereocenters. The van der Waals surface area contributed by atoms with E-state index in [-0.39, 0.29) is 24.7 Å². The maximum Gasteiger partial charge on any atom is 0.230 e. The van der Waals surface area contributed by atoms with Crippen molar-refractivity contribution >= 4 is 23.0 Å². The van der Waals surface area contributed by atoms with Crippen molar-refractivity contribution in [2.45, 2.75) is 13.0 Å². The molecule has 1 aliphatic heterocycles. The van der Waals surface area contributed by atoms with Crippen molar-refractivity contribution in [1.29, 1.82) is 0 Å². The highest BCUT2D eigenvalue weighted by Gasteiger charge is 2.27. The lowest BCUT2D eigenvalue weighted by Crippen LogP contribution is -2.24. The van der Waals surface area contributed by atoms with Gasteiger partial charge in [-0.3, -0.25) is 14.6 Å². The van der Waals surface area contributed by atoms with Crippen LogP contribution in [0.15, 0.2) is 11.7 Å². The number of amides is 1. The molecule has 0 atom stereocenters. The predicted molar refractivity (Wildman–Crippen MR) is 47.2 cm³/mol. The number of carbonyl (C=O) groups excluding carboxylic acids is 2. The van der Waals surface area contributed by atoms with Crippen molar-refractivity contribution in [2.75, 3.05) is 6.54 Å². The first-order chi connectivity index (χ1) is 6.25. The third-order valence-electron chi connectivity index (χ3n) is 1.90. The minimum atomic E-state index is -0.0709. The third kappa shape index (κ3) is 1.75. The second-order valence-electron chi connectivity index (χ2n) is 2.93. The molecule has 1 aromatic rings. The number of likely N-dealkylation sites (tertiary alicyclic amines) is 1. The summed E-state index contributed by atoms with van der Waals surface area (Å²) in [5.74, 6) is -0.0621. The molecule has 1 aromatic heterocycles. The summed E-state index contributed by atoms with van der Waals surface area (Å²) >= 11 is 1.50.